The largest absolute Gasteiger partial charge is 0.378 e. The molecule has 0 aliphatic carbocycles. The summed E-state index contributed by atoms with van der Waals surface area (Å²) in [6, 6.07) is 12.5. The lowest BCUT2D eigenvalue weighted by Gasteiger charge is -2.21. The van der Waals surface area contributed by atoms with Crippen molar-refractivity contribution in [2.75, 3.05) is 32.1 Å². The summed E-state index contributed by atoms with van der Waals surface area (Å²) in [4.78, 5) is 16.6. The monoisotopic (exact) mass is 395 g/mol. The molecule has 0 bridgehead atoms. The Morgan fingerprint density at radius 2 is 1.83 bits per heavy atom. The molecule has 3 rings (SSSR count). The van der Waals surface area contributed by atoms with Crippen LogP contribution < -0.4 is 4.90 Å². The average molecular weight is 396 g/mol. The molecule has 0 saturated carbocycles. The normalized spacial score (nSPS) is 18.8. The van der Waals surface area contributed by atoms with Crippen molar-refractivity contribution in [3.8, 4) is 0 Å². The first-order valence-electron chi connectivity index (χ1n) is 10.2. The van der Waals surface area contributed by atoms with Crippen molar-refractivity contribution >= 4 is 28.1 Å². The number of ether oxygens (including phenoxy) is 1. The molecule has 1 aliphatic rings. The van der Waals surface area contributed by atoms with Crippen molar-refractivity contribution < 1.29 is 9.53 Å². The number of carbonyl (C=O) groups is 1. The maximum absolute atomic E-state index is 12.7. The van der Waals surface area contributed by atoms with Gasteiger partial charge >= 0.3 is 0 Å². The molecule has 1 saturated heterocycles. The van der Waals surface area contributed by atoms with Gasteiger partial charge in [-0.1, -0.05) is 24.3 Å². The number of nitrogens with one attached hydrogen (secondary N) is 1. The highest BCUT2D eigenvalue weighted by Crippen LogP contribution is 2.36. The van der Waals surface area contributed by atoms with E-state index in [1.165, 1.54) is 0 Å². The van der Waals surface area contributed by atoms with Gasteiger partial charge in [0.1, 0.15) is 5.71 Å². The predicted molar refractivity (Wildman–Crippen MR) is 120 cm³/mol. The van der Waals surface area contributed by atoms with Crippen molar-refractivity contribution in [3.05, 3.63) is 42.0 Å². The molecule has 0 spiro atoms. The SMILES string of the molecule is CN(C)c1ccc2cc(CC(=N)C(=O)N3CC3(C)CCOC(C)(C)C)ccc2c1. The molecule has 1 N–H and O–H groups in total. The van der Waals surface area contributed by atoms with Gasteiger partial charge < -0.3 is 14.5 Å². The Morgan fingerprint density at radius 1 is 1.17 bits per heavy atom. The van der Waals surface area contributed by atoms with E-state index in [4.69, 9.17) is 10.1 Å². The second-order valence-corrected chi connectivity index (χ2v) is 9.51. The van der Waals surface area contributed by atoms with Crippen LogP contribution in [0.5, 0.6) is 0 Å². The van der Waals surface area contributed by atoms with Crippen LogP contribution in [0.3, 0.4) is 0 Å². The fraction of sp³-hybridized carbons (Fsp3) is 0.500. The molecule has 1 fully saturated rings. The van der Waals surface area contributed by atoms with Crippen LogP contribution in [0.2, 0.25) is 0 Å². The van der Waals surface area contributed by atoms with E-state index >= 15 is 0 Å². The van der Waals surface area contributed by atoms with Gasteiger partial charge in [-0.15, -0.1) is 0 Å². The number of amides is 1. The molecule has 156 valence electrons. The van der Waals surface area contributed by atoms with Crippen molar-refractivity contribution in [3.63, 3.8) is 0 Å². The summed E-state index contributed by atoms with van der Waals surface area (Å²) in [6.45, 7) is 9.50. The van der Waals surface area contributed by atoms with Gasteiger partial charge in [-0.3, -0.25) is 10.2 Å². The molecule has 1 amide bonds. The minimum Gasteiger partial charge on any atom is -0.378 e. The van der Waals surface area contributed by atoms with Crippen LogP contribution in [-0.2, 0) is 16.0 Å². The number of nitrogens with zero attached hydrogens (tertiary/aromatic N) is 2. The minimum absolute atomic E-state index is 0.148. The van der Waals surface area contributed by atoms with E-state index in [0.29, 0.717) is 19.6 Å². The van der Waals surface area contributed by atoms with Gasteiger partial charge in [0.25, 0.3) is 5.91 Å². The van der Waals surface area contributed by atoms with E-state index < -0.39 is 0 Å². The first-order chi connectivity index (χ1) is 13.5. The molecular weight excluding hydrogens is 362 g/mol. The van der Waals surface area contributed by atoms with Gasteiger partial charge in [0, 0.05) is 39.4 Å². The molecule has 2 aromatic rings. The van der Waals surface area contributed by atoms with Gasteiger partial charge in [0.15, 0.2) is 0 Å². The average Bonchev–Trinajstić information content (AvgIpc) is 3.30. The van der Waals surface area contributed by atoms with Gasteiger partial charge in [0.2, 0.25) is 0 Å². The molecule has 1 aliphatic heterocycles. The quantitative estimate of drug-likeness (QED) is 0.562. The van der Waals surface area contributed by atoms with Gasteiger partial charge in [-0.05, 0) is 62.6 Å². The fourth-order valence-corrected chi connectivity index (χ4v) is 3.53. The maximum atomic E-state index is 12.7. The van der Waals surface area contributed by atoms with Gasteiger partial charge in [-0.2, -0.15) is 0 Å². The molecule has 1 unspecified atom stereocenters. The molecule has 2 aromatic carbocycles. The Kier molecular flexibility index (Phi) is 5.72. The van der Waals surface area contributed by atoms with Crippen LogP contribution >= 0.6 is 0 Å². The van der Waals surface area contributed by atoms with E-state index in [1.54, 1.807) is 4.90 Å². The number of anilines is 1. The minimum atomic E-state index is -0.180. The van der Waals surface area contributed by atoms with Gasteiger partial charge in [-0.25, -0.2) is 0 Å². The van der Waals surface area contributed by atoms with Crippen LogP contribution in [-0.4, -0.2) is 54.9 Å². The Morgan fingerprint density at radius 3 is 2.48 bits per heavy atom. The molecule has 0 radical (unpaired) electrons. The van der Waals surface area contributed by atoms with Crippen LogP contribution in [0, 0.1) is 5.41 Å². The maximum Gasteiger partial charge on any atom is 0.268 e. The smallest absolute Gasteiger partial charge is 0.268 e. The highest BCUT2D eigenvalue weighted by atomic mass is 16.5. The zero-order chi connectivity index (χ0) is 21.4. The number of rotatable bonds is 7. The topological polar surface area (TPSA) is 56.4 Å². The van der Waals surface area contributed by atoms with Crippen LogP contribution in [0.4, 0.5) is 5.69 Å². The lowest BCUT2D eigenvalue weighted by atomic mass is 10.0. The summed E-state index contributed by atoms with van der Waals surface area (Å²) >= 11 is 0. The number of carbonyl (C=O) groups excluding carboxylic acids is 1. The van der Waals surface area contributed by atoms with E-state index in [-0.39, 0.29) is 22.8 Å². The zero-order valence-corrected chi connectivity index (χ0v) is 18.5. The van der Waals surface area contributed by atoms with Crippen molar-refractivity contribution in [1.82, 2.24) is 4.90 Å². The van der Waals surface area contributed by atoms with E-state index in [2.05, 4.69) is 42.2 Å². The van der Waals surface area contributed by atoms with Crippen LogP contribution in [0.25, 0.3) is 10.8 Å². The zero-order valence-electron chi connectivity index (χ0n) is 18.5. The first kappa shape index (κ1) is 21.3. The van der Waals surface area contributed by atoms with Crippen molar-refractivity contribution in [2.45, 2.75) is 51.7 Å². The Labute approximate surface area is 174 Å². The molecule has 5 heteroatoms. The summed E-state index contributed by atoms with van der Waals surface area (Å²) in [6.07, 6.45) is 1.16. The lowest BCUT2D eigenvalue weighted by Crippen LogP contribution is -2.30. The van der Waals surface area contributed by atoms with E-state index in [1.807, 2.05) is 40.9 Å². The van der Waals surface area contributed by atoms with E-state index in [0.717, 1.165) is 28.4 Å². The standard InChI is InChI=1S/C24H33N3O2/c1-23(2,3)29-12-11-24(4)16-27(24)22(28)21(25)14-17-7-8-19-15-20(26(5)6)10-9-18(19)13-17/h7-10,13,15,25H,11-12,14,16H2,1-6H3. The van der Waals surface area contributed by atoms with Crippen molar-refractivity contribution in [2.24, 2.45) is 0 Å². The lowest BCUT2D eigenvalue weighted by molar-refractivity contribution is -0.120. The third-order valence-electron chi connectivity index (χ3n) is 5.51. The Hall–Kier alpha value is -2.40. The molecule has 1 atom stereocenters. The molecule has 5 nitrogen and oxygen atoms in total. The summed E-state index contributed by atoms with van der Waals surface area (Å²) in [5, 5.41) is 10.6. The van der Waals surface area contributed by atoms with Crippen molar-refractivity contribution in [1.29, 1.82) is 5.41 Å². The predicted octanol–water partition coefficient (Wildman–Crippen LogP) is 4.27. The third-order valence-corrected chi connectivity index (χ3v) is 5.51. The number of hydrogen-bond acceptors (Lipinski definition) is 4. The fourth-order valence-electron chi connectivity index (χ4n) is 3.53. The summed E-state index contributed by atoms with van der Waals surface area (Å²) < 4.78 is 5.80. The molecule has 29 heavy (non-hydrogen) atoms. The van der Waals surface area contributed by atoms with Crippen LogP contribution in [0.1, 0.15) is 39.7 Å². The number of fused-ring (bicyclic) bond motifs is 1. The summed E-state index contributed by atoms with van der Waals surface area (Å²) in [5.41, 5.74) is 1.95. The van der Waals surface area contributed by atoms with Gasteiger partial charge in [0.05, 0.1) is 11.1 Å². The third kappa shape index (κ3) is 5.15. The number of hydrogen-bond donors (Lipinski definition) is 1. The highest BCUT2D eigenvalue weighted by molar-refractivity contribution is 6.38. The first-order valence-corrected chi connectivity index (χ1v) is 10.2. The second kappa shape index (κ2) is 7.79. The molecule has 0 aromatic heterocycles. The van der Waals surface area contributed by atoms with E-state index in [9.17, 15) is 4.79 Å². The summed E-state index contributed by atoms with van der Waals surface area (Å²) in [7, 11) is 4.05. The second-order valence-electron chi connectivity index (χ2n) is 9.51. The van der Waals surface area contributed by atoms with Crippen LogP contribution in [0.15, 0.2) is 36.4 Å². The molecule has 1 heterocycles. The highest BCUT2D eigenvalue weighted by Gasteiger charge is 2.51. The summed E-state index contributed by atoms with van der Waals surface area (Å²) in [5.74, 6) is -0.161. The Balaban J connectivity index is 1.60. The molecular formula is C24H33N3O2. The Bertz CT molecular complexity index is 929. The number of benzene rings is 2.